The Morgan fingerprint density at radius 3 is 2.17 bits per heavy atom. The van der Waals surface area contributed by atoms with E-state index in [9.17, 15) is 9.18 Å². The molecular formula is C27H25FN2O5. The highest BCUT2D eigenvalue weighted by molar-refractivity contribution is 6.06. The Morgan fingerprint density at radius 1 is 0.886 bits per heavy atom. The van der Waals surface area contributed by atoms with Crippen LogP contribution in [0.15, 0.2) is 60.7 Å². The fourth-order valence-corrected chi connectivity index (χ4v) is 3.73. The summed E-state index contributed by atoms with van der Waals surface area (Å²) in [6, 6.07) is 16.5. The van der Waals surface area contributed by atoms with Crippen molar-refractivity contribution in [3.05, 3.63) is 72.0 Å². The van der Waals surface area contributed by atoms with Crippen LogP contribution >= 0.6 is 0 Å². The molecule has 180 valence electrons. The largest absolute Gasteiger partial charge is 0.493 e. The summed E-state index contributed by atoms with van der Waals surface area (Å²) in [4.78, 5) is 17.7. The normalized spacial score (nSPS) is 10.7. The molecule has 3 aromatic carbocycles. The van der Waals surface area contributed by atoms with Crippen LogP contribution in [0.4, 0.5) is 10.1 Å². The molecule has 7 nitrogen and oxygen atoms in total. The summed E-state index contributed by atoms with van der Waals surface area (Å²) in [6.07, 6.45) is 0. The molecule has 0 saturated carbocycles. The van der Waals surface area contributed by atoms with Gasteiger partial charge in [0, 0.05) is 28.3 Å². The van der Waals surface area contributed by atoms with Crippen LogP contribution in [0.5, 0.6) is 23.0 Å². The monoisotopic (exact) mass is 476 g/mol. The number of ether oxygens (including phenoxy) is 4. The first-order chi connectivity index (χ1) is 17.0. The summed E-state index contributed by atoms with van der Waals surface area (Å²) in [6.45, 7) is 2.34. The highest BCUT2D eigenvalue weighted by Gasteiger charge is 2.18. The number of anilines is 1. The van der Waals surface area contributed by atoms with Gasteiger partial charge in [0.15, 0.2) is 11.5 Å². The molecule has 4 rings (SSSR count). The van der Waals surface area contributed by atoms with Crippen molar-refractivity contribution >= 4 is 22.5 Å². The molecule has 0 bridgehead atoms. The third-order valence-corrected chi connectivity index (χ3v) is 5.40. The van der Waals surface area contributed by atoms with Gasteiger partial charge in [-0.1, -0.05) is 0 Å². The molecule has 1 heterocycles. The molecule has 35 heavy (non-hydrogen) atoms. The van der Waals surface area contributed by atoms with E-state index in [0.29, 0.717) is 52.1 Å². The van der Waals surface area contributed by atoms with Crippen LogP contribution in [0.25, 0.3) is 22.2 Å². The van der Waals surface area contributed by atoms with Crippen LogP contribution in [-0.4, -0.2) is 38.8 Å². The number of pyridine rings is 1. The second kappa shape index (κ2) is 10.3. The lowest BCUT2D eigenvalue weighted by molar-refractivity contribution is 0.102. The van der Waals surface area contributed by atoms with Crippen LogP contribution in [-0.2, 0) is 0 Å². The lowest BCUT2D eigenvalue weighted by Crippen LogP contribution is -2.12. The fourth-order valence-electron chi connectivity index (χ4n) is 3.73. The number of methoxy groups -OCH3 is 3. The van der Waals surface area contributed by atoms with Crippen molar-refractivity contribution in [3.63, 3.8) is 0 Å². The Hall–Kier alpha value is -4.33. The maximum Gasteiger partial charge on any atom is 0.255 e. The van der Waals surface area contributed by atoms with E-state index in [1.807, 2.05) is 13.0 Å². The van der Waals surface area contributed by atoms with Crippen molar-refractivity contribution in [1.82, 2.24) is 4.98 Å². The summed E-state index contributed by atoms with van der Waals surface area (Å²) in [5.41, 5.74) is 3.02. The Balaban J connectivity index is 1.69. The Morgan fingerprint density at radius 2 is 1.57 bits per heavy atom. The van der Waals surface area contributed by atoms with E-state index in [1.165, 1.54) is 33.5 Å². The molecule has 0 aliphatic carbocycles. The van der Waals surface area contributed by atoms with E-state index < -0.39 is 0 Å². The van der Waals surface area contributed by atoms with Crippen molar-refractivity contribution in [3.8, 4) is 34.3 Å². The molecule has 0 fully saturated rings. The van der Waals surface area contributed by atoms with Crippen LogP contribution in [0, 0.1) is 5.82 Å². The molecule has 0 spiro atoms. The number of nitrogens with one attached hydrogen (secondary N) is 1. The van der Waals surface area contributed by atoms with E-state index in [0.717, 1.165) is 10.9 Å². The van der Waals surface area contributed by atoms with Gasteiger partial charge in [-0.2, -0.15) is 0 Å². The van der Waals surface area contributed by atoms with Gasteiger partial charge in [-0.05, 0) is 61.5 Å². The molecule has 0 aliphatic heterocycles. The number of hydrogen-bond acceptors (Lipinski definition) is 6. The van der Waals surface area contributed by atoms with Gasteiger partial charge in [0.1, 0.15) is 11.6 Å². The van der Waals surface area contributed by atoms with E-state index in [-0.39, 0.29) is 11.7 Å². The highest BCUT2D eigenvalue weighted by Crippen LogP contribution is 2.38. The maximum absolute atomic E-state index is 13.3. The standard InChI is InChI=1S/C27H25FN2O5/c1-5-35-23-15-22(16-6-8-18(28)9-7-16)30-21-11-10-19(14-20(21)23)29-27(31)17-12-24(32-2)26(34-4)25(13-17)33-3/h6-15H,5H2,1-4H3,(H,29,31). The topological polar surface area (TPSA) is 78.9 Å². The second-order valence-electron chi connectivity index (χ2n) is 7.55. The fraction of sp³-hybridized carbons (Fsp3) is 0.185. The minimum absolute atomic E-state index is 0.313. The maximum atomic E-state index is 13.3. The number of benzene rings is 3. The zero-order valence-electron chi connectivity index (χ0n) is 19.8. The van der Waals surface area contributed by atoms with Gasteiger partial charge in [-0.15, -0.1) is 0 Å². The summed E-state index contributed by atoms with van der Waals surface area (Å²) in [5, 5.41) is 3.63. The van der Waals surface area contributed by atoms with Gasteiger partial charge in [-0.25, -0.2) is 9.37 Å². The number of nitrogens with zero attached hydrogens (tertiary/aromatic N) is 1. The highest BCUT2D eigenvalue weighted by atomic mass is 19.1. The summed E-state index contributed by atoms with van der Waals surface area (Å²) in [7, 11) is 4.48. The summed E-state index contributed by atoms with van der Waals surface area (Å²) >= 11 is 0. The number of carbonyl (C=O) groups excluding carboxylic acids is 1. The lowest BCUT2D eigenvalue weighted by Gasteiger charge is -2.15. The van der Waals surface area contributed by atoms with Gasteiger partial charge in [0.05, 0.1) is 39.1 Å². The number of carbonyl (C=O) groups is 1. The molecule has 4 aromatic rings. The number of rotatable bonds is 8. The zero-order valence-corrected chi connectivity index (χ0v) is 19.8. The minimum atomic E-state index is -0.350. The van der Waals surface area contributed by atoms with Gasteiger partial charge in [-0.3, -0.25) is 4.79 Å². The average molecular weight is 477 g/mol. The van der Waals surface area contributed by atoms with Crippen molar-refractivity contribution in [2.75, 3.05) is 33.3 Å². The Kier molecular flexibility index (Phi) is 7.01. The quantitative estimate of drug-likeness (QED) is 0.351. The van der Waals surface area contributed by atoms with Crippen LogP contribution < -0.4 is 24.3 Å². The van der Waals surface area contributed by atoms with Crippen LogP contribution in [0.1, 0.15) is 17.3 Å². The van der Waals surface area contributed by atoms with Gasteiger partial charge < -0.3 is 24.3 Å². The van der Waals surface area contributed by atoms with Crippen molar-refractivity contribution < 1.29 is 28.1 Å². The summed E-state index contributed by atoms with van der Waals surface area (Å²) < 4.78 is 35.2. The van der Waals surface area contributed by atoms with Gasteiger partial charge in [0.25, 0.3) is 5.91 Å². The zero-order chi connectivity index (χ0) is 24.9. The molecule has 0 saturated heterocycles. The second-order valence-corrected chi connectivity index (χ2v) is 7.55. The molecule has 0 aliphatic rings. The van der Waals surface area contributed by atoms with E-state index in [2.05, 4.69) is 5.32 Å². The molecule has 1 N–H and O–H groups in total. The predicted octanol–water partition coefficient (Wildman–Crippen LogP) is 5.72. The average Bonchev–Trinajstić information content (AvgIpc) is 2.88. The SMILES string of the molecule is CCOc1cc(-c2ccc(F)cc2)nc2ccc(NC(=O)c3cc(OC)c(OC)c(OC)c3)cc12. The predicted molar refractivity (Wildman–Crippen MR) is 132 cm³/mol. The molecule has 8 heteroatoms. The first-order valence-corrected chi connectivity index (χ1v) is 10.9. The van der Waals surface area contributed by atoms with E-state index >= 15 is 0 Å². The van der Waals surface area contributed by atoms with Gasteiger partial charge >= 0.3 is 0 Å². The number of amides is 1. The van der Waals surface area contributed by atoms with E-state index in [1.54, 1.807) is 42.5 Å². The molecular weight excluding hydrogens is 451 g/mol. The minimum Gasteiger partial charge on any atom is -0.493 e. The number of aromatic nitrogens is 1. The molecule has 0 unspecified atom stereocenters. The molecule has 1 aromatic heterocycles. The first kappa shape index (κ1) is 23.8. The molecule has 1 amide bonds. The number of fused-ring (bicyclic) bond motifs is 1. The lowest BCUT2D eigenvalue weighted by atomic mass is 10.1. The number of halogens is 1. The van der Waals surface area contributed by atoms with Crippen LogP contribution in [0.2, 0.25) is 0 Å². The number of hydrogen-bond donors (Lipinski definition) is 1. The Labute approximate surface area is 202 Å². The molecule has 0 radical (unpaired) electrons. The summed E-state index contributed by atoms with van der Waals surface area (Å²) in [5.74, 6) is 1.12. The van der Waals surface area contributed by atoms with E-state index in [4.69, 9.17) is 23.9 Å². The third kappa shape index (κ3) is 4.96. The third-order valence-electron chi connectivity index (χ3n) is 5.40. The van der Waals surface area contributed by atoms with Gasteiger partial charge in [0.2, 0.25) is 5.75 Å². The smallest absolute Gasteiger partial charge is 0.255 e. The van der Waals surface area contributed by atoms with Crippen molar-refractivity contribution in [1.29, 1.82) is 0 Å². The Bertz CT molecular complexity index is 1350. The van der Waals surface area contributed by atoms with Crippen molar-refractivity contribution in [2.45, 2.75) is 6.92 Å². The first-order valence-electron chi connectivity index (χ1n) is 10.9. The van der Waals surface area contributed by atoms with Crippen molar-refractivity contribution in [2.24, 2.45) is 0 Å². The molecule has 0 atom stereocenters. The van der Waals surface area contributed by atoms with Crippen LogP contribution in [0.3, 0.4) is 0 Å².